The van der Waals surface area contributed by atoms with Gasteiger partial charge >= 0.3 is 5.97 Å². The van der Waals surface area contributed by atoms with E-state index >= 15 is 4.79 Å². The van der Waals surface area contributed by atoms with Gasteiger partial charge in [0.1, 0.15) is 97.0 Å². The molecular formula is C58H94O26. The summed E-state index contributed by atoms with van der Waals surface area (Å²) < 4.78 is 59.3. The van der Waals surface area contributed by atoms with Crippen LogP contribution in [0.5, 0.6) is 0 Å². The zero-order valence-corrected chi connectivity index (χ0v) is 49.1. The molecule has 26 heteroatoms. The van der Waals surface area contributed by atoms with Gasteiger partial charge in [0.05, 0.1) is 50.8 Å². The van der Waals surface area contributed by atoms with E-state index in [0.29, 0.717) is 44.9 Å². The van der Waals surface area contributed by atoms with Crippen molar-refractivity contribution in [2.24, 2.45) is 50.2 Å². The summed E-state index contributed by atoms with van der Waals surface area (Å²) in [5.41, 5.74) is -3.06. The van der Waals surface area contributed by atoms with E-state index in [2.05, 4.69) is 40.7 Å². The minimum atomic E-state index is -1.97. The first-order valence-corrected chi connectivity index (χ1v) is 30.1. The highest BCUT2D eigenvalue weighted by Gasteiger charge is 2.73. The molecule has 0 radical (unpaired) electrons. The number of ether oxygens (including phenoxy) is 10. The molecule has 0 aromatic rings. The molecule has 26 nitrogen and oxygen atoms in total. The van der Waals surface area contributed by atoms with Crippen LogP contribution in [0, 0.1) is 50.2 Å². The molecule has 5 aliphatic carbocycles. The van der Waals surface area contributed by atoms with E-state index in [4.69, 9.17) is 47.4 Å². The topological polar surface area (TPSA) is 413 Å². The maximum atomic E-state index is 15.4. The number of fused-ring (bicyclic) bond motifs is 7. The summed E-state index contributed by atoms with van der Waals surface area (Å²) in [6.45, 7) is 14.0. The average Bonchev–Trinajstić information content (AvgIpc) is 0.709. The molecule has 4 saturated carbocycles. The average molecular weight is 1210 g/mol. The number of esters is 1. The lowest BCUT2D eigenvalue weighted by molar-refractivity contribution is -0.377. The third-order valence-electron chi connectivity index (χ3n) is 22.8. The monoisotopic (exact) mass is 1210 g/mol. The molecule has 0 bridgehead atoms. The fourth-order valence-corrected chi connectivity index (χ4v) is 17.5. The van der Waals surface area contributed by atoms with Crippen molar-refractivity contribution in [1.29, 1.82) is 0 Å². The Hall–Kier alpha value is -1.75. The van der Waals surface area contributed by atoms with Crippen molar-refractivity contribution >= 4 is 5.97 Å². The van der Waals surface area contributed by atoms with Crippen LogP contribution in [-0.4, -0.2) is 263 Å². The van der Waals surface area contributed by atoms with Gasteiger partial charge in [0.2, 0.25) is 6.29 Å². The van der Waals surface area contributed by atoms with Crippen molar-refractivity contribution in [3.05, 3.63) is 11.6 Å². The van der Waals surface area contributed by atoms with E-state index < -0.39 is 207 Å². The molecule has 5 unspecified atom stereocenters. The highest BCUT2D eigenvalue weighted by Crippen LogP contribution is 2.76. The van der Waals surface area contributed by atoms with Gasteiger partial charge < -0.3 is 124 Å². The maximum absolute atomic E-state index is 15.4. The fraction of sp³-hybridized carbons (Fsp3) is 0.948. The molecule has 482 valence electrons. The lowest BCUT2D eigenvalue weighted by Gasteiger charge is -2.72. The van der Waals surface area contributed by atoms with Crippen LogP contribution in [-0.2, 0) is 52.2 Å². The van der Waals surface area contributed by atoms with Crippen molar-refractivity contribution in [2.75, 3.05) is 26.4 Å². The third-order valence-corrected chi connectivity index (χ3v) is 22.8. The van der Waals surface area contributed by atoms with Crippen LogP contribution >= 0.6 is 0 Å². The van der Waals surface area contributed by atoms with Crippen LogP contribution in [0.2, 0.25) is 0 Å². The number of aliphatic hydroxyl groups is 15. The summed E-state index contributed by atoms with van der Waals surface area (Å²) in [4.78, 5) is 15.4. The number of allylic oxidation sites excluding steroid dienone is 2. The van der Waals surface area contributed by atoms with Crippen molar-refractivity contribution in [3.63, 3.8) is 0 Å². The lowest BCUT2D eigenvalue weighted by Crippen LogP contribution is -2.69. The Morgan fingerprint density at radius 1 is 0.560 bits per heavy atom. The number of hydrogen-bond donors (Lipinski definition) is 15. The Bertz CT molecular complexity index is 2350. The Labute approximate surface area is 488 Å². The van der Waals surface area contributed by atoms with E-state index in [-0.39, 0.29) is 42.1 Å². The van der Waals surface area contributed by atoms with Crippen LogP contribution in [0.4, 0.5) is 0 Å². The summed E-state index contributed by atoms with van der Waals surface area (Å²) in [5.74, 6) is -1.40. The van der Waals surface area contributed by atoms with E-state index in [1.165, 1.54) is 13.8 Å². The van der Waals surface area contributed by atoms with E-state index in [9.17, 15) is 76.6 Å². The molecule has 0 aromatic carbocycles. The van der Waals surface area contributed by atoms with Gasteiger partial charge in [-0.2, -0.15) is 0 Å². The first-order chi connectivity index (χ1) is 39.3. The highest BCUT2D eigenvalue weighted by molar-refractivity contribution is 5.80. The van der Waals surface area contributed by atoms with Gasteiger partial charge in [-0.1, -0.05) is 53.2 Å². The van der Waals surface area contributed by atoms with Crippen LogP contribution in [0.3, 0.4) is 0 Å². The normalized spacial score (nSPS) is 55.8. The molecule has 0 aromatic heterocycles. The van der Waals surface area contributed by atoms with Gasteiger partial charge in [-0.3, -0.25) is 4.79 Å². The number of aliphatic hydroxyl groups excluding tert-OH is 15. The Balaban J connectivity index is 0.848. The zero-order valence-electron chi connectivity index (χ0n) is 49.1. The minimum absolute atomic E-state index is 0.0326. The highest BCUT2D eigenvalue weighted by atomic mass is 16.8. The van der Waals surface area contributed by atoms with Gasteiger partial charge in [0, 0.05) is 5.41 Å². The molecule has 0 spiro atoms. The molecule has 84 heavy (non-hydrogen) atoms. The maximum Gasteiger partial charge on any atom is 0.317 e. The van der Waals surface area contributed by atoms with Gasteiger partial charge in [0.25, 0.3) is 0 Å². The molecule has 5 aliphatic heterocycles. The SMILES string of the molecule is C[C@@H]1OC(O[C@H]2[C@H](O)COC(O[C@@H]3[C@@H](O)[C@@H](O)C(O[C@H]4C(OC(=O)[C@]56CCC(C)(C)C[C@@H]5C5=CC[C@@H]7[C@@]8(C)CC[C@H](OC9O[C@H](CO)[C@@H](O)[C@H](O)[C@H]9O)[C@@](C)(CO)[C@@H]8CC[C@@]7(C)[C@]5(C)C[C@H]6O)OC[C@@H](O)[C@@H]4O)O[C@H]3C)[C@@H]2O)[C@H](O)[C@H](O)[C@H]1O. The predicted molar refractivity (Wildman–Crippen MR) is 283 cm³/mol. The summed E-state index contributed by atoms with van der Waals surface area (Å²) in [6, 6.07) is 0. The molecule has 5 heterocycles. The molecule has 10 aliphatic rings. The summed E-state index contributed by atoms with van der Waals surface area (Å²) in [7, 11) is 0. The van der Waals surface area contributed by atoms with E-state index in [1.807, 2.05) is 6.92 Å². The Morgan fingerprint density at radius 3 is 1.82 bits per heavy atom. The molecule has 33 atom stereocenters. The quantitative estimate of drug-likeness (QED) is 0.0528. The van der Waals surface area contributed by atoms with Gasteiger partial charge in [-0.15, -0.1) is 0 Å². The molecular weight excluding hydrogens is 1110 g/mol. The first kappa shape index (κ1) is 65.2. The van der Waals surface area contributed by atoms with Crippen molar-refractivity contribution in [2.45, 2.75) is 267 Å². The van der Waals surface area contributed by atoms with E-state index in [0.717, 1.165) is 5.57 Å². The summed E-state index contributed by atoms with van der Waals surface area (Å²) in [5, 5.41) is 165. The minimum Gasteiger partial charge on any atom is -0.432 e. The fourth-order valence-electron chi connectivity index (χ4n) is 17.5. The third kappa shape index (κ3) is 10.6. The van der Waals surface area contributed by atoms with Crippen LogP contribution < -0.4 is 0 Å². The second-order valence-corrected chi connectivity index (χ2v) is 28.1. The standard InChI is InChI=1S/C58H94O26/c1-23-34(64)37(67)40(70)48(77-23)82-45-28(62)21-75-47(43(45)73)81-44-24(2)78-49(42(72)39(44)69)83-46-35(65)27(61)20-76-51(46)84-52(74)58-16-15-53(3,4)17-26(58)25-9-10-31-54(5)13-12-33(80-50-41(71)38(68)36(66)29(19-59)79-50)55(6,22-60)30(54)11-14-56(31,7)57(25,8)18-32(58)63/h9,23-24,26-51,59-73H,10-22H2,1-8H3/t23-,24-,26+,27+,28+,29+,30+,31+,32+,33-,34-,35-,36+,37+,38-,39-,40+,41+,42+,43+,44-,45-,46+,47?,48?,49?,50?,51?,54-,55-,56+,57+,58+/m0/s1. The molecule has 5 saturated heterocycles. The first-order valence-electron chi connectivity index (χ1n) is 30.1. The Morgan fingerprint density at radius 2 is 1.15 bits per heavy atom. The smallest absolute Gasteiger partial charge is 0.317 e. The van der Waals surface area contributed by atoms with Gasteiger partial charge in [0.15, 0.2) is 31.3 Å². The molecule has 15 N–H and O–H groups in total. The van der Waals surface area contributed by atoms with Gasteiger partial charge in [-0.05, 0) is 111 Å². The van der Waals surface area contributed by atoms with Crippen molar-refractivity contribution in [1.82, 2.24) is 0 Å². The Kier molecular flexibility index (Phi) is 18.5. The molecule has 9 fully saturated rings. The second-order valence-electron chi connectivity index (χ2n) is 28.1. The second kappa shape index (κ2) is 23.8. The number of carbonyl (C=O) groups is 1. The summed E-state index contributed by atoms with van der Waals surface area (Å²) in [6.07, 6.45) is -31.4. The van der Waals surface area contributed by atoms with Crippen LogP contribution in [0.25, 0.3) is 0 Å². The van der Waals surface area contributed by atoms with Crippen LogP contribution in [0.1, 0.15) is 113 Å². The molecule has 10 rings (SSSR count). The lowest BCUT2D eigenvalue weighted by atomic mass is 9.33. The number of rotatable bonds is 12. The van der Waals surface area contributed by atoms with Crippen molar-refractivity contribution in [3.8, 4) is 0 Å². The number of hydrogen-bond acceptors (Lipinski definition) is 26. The summed E-state index contributed by atoms with van der Waals surface area (Å²) >= 11 is 0. The van der Waals surface area contributed by atoms with Gasteiger partial charge in [-0.25, -0.2) is 0 Å². The molecule has 0 amide bonds. The van der Waals surface area contributed by atoms with E-state index in [1.54, 1.807) is 0 Å². The van der Waals surface area contributed by atoms with Crippen molar-refractivity contribution < 1.29 is 129 Å². The largest absolute Gasteiger partial charge is 0.432 e. The van der Waals surface area contributed by atoms with Crippen LogP contribution in [0.15, 0.2) is 11.6 Å². The predicted octanol–water partition coefficient (Wildman–Crippen LogP) is -2.93. The zero-order chi connectivity index (χ0) is 61.3. The number of carbonyl (C=O) groups excluding carboxylic acids is 1.